The van der Waals surface area contributed by atoms with Gasteiger partial charge in [-0.25, -0.2) is 13.2 Å². The second kappa shape index (κ2) is 12.7. The number of anilines is 1. The maximum absolute atomic E-state index is 17.0. The zero-order valence-electron chi connectivity index (χ0n) is 28.2. The predicted molar refractivity (Wildman–Crippen MR) is 180 cm³/mol. The molecular formula is C37H34F6N6O3. The Morgan fingerprint density at radius 3 is 2.48 bits per heavy atom. The van der Waals surface area contributed by atoms with E-state index < -0.39 is 42.0 Å². The lowest BCUT2D eigenvalue weighted by atomic mass is 9.87. The van der Waals surface area contributed by atoms with Gasteiger partial charge in [0.2, 0.25) is 0 Å². The molecular weight excluding hydrogens is 690 g/mol. The number of amides is 1. The minimum absolute atomic E-state index is 0.0209. The zero-order valence-corrected chi connectivity index (χ0v) is 28.2. The van der Waals surface area contributed by atoms with Gasteiger partial charge in [0, 0.05) is 55.3 Å². The number of pyridine rings is 1. The third-order valence-electron chi connectivity index (χ3n) is 10.8. The maximum atomic E-state index is 17.0. The molecule has 52 heavy (non-hydrogen) atoms. The largest absolute Gasteiger partial charge is 0.497 e. The van der Waals surface area contributed by atoms with E-state index in [0.717, 1.165) is 17.7 Å². The molecule has 5 fully saturated rings. The molecule has 0 N–H and O–H groups in total. The van der Waals surface area contributed by atoms with E-state index in [0.29, 0.717) is 50.0 Å². The number of carbonyl (C=O) groups is 1. The molecule has 4 aliphatic heterocycles. The molecule has 2 bridgehead atoms. The summed E-state index contributed by atoms with van der Waals surface area (Å²) in [6.45, 7) is 2.27. The van der Waals surface area contributed by atoms with Crippen molar-refractivity contribution in [3.63, 3.8) is 0 Å². The van der Waals surface area contributed by atoms with Crippen LogP contribution < -0.4 is 14.4 Å². The number of methoxy groups -OCH3 is 1. The number of hydrogen-bond donors (Lipinski definition) is 0. The molecule has 0 radical (unpaired) electrons. The van der Waals surface area contributed by atoms with Crippen LogP contribution in [0.1, 0.15) is 37.7 Å². The predicted octanol–water partition coefficient (Wildman–Crippen LogP) is 6.06. The van der Waals surface area contributed by atoms with Crippen LogP contribution in [0, 0.1) is 29.4 Å². The summed E-state index contributed by atoms with van der Waals surface area (Å²) in [4.78, 5) is 30.5. The highest BCUT2D eigenvalue weighted by atomic mass is 19.4. The normalized spacial score (nSPS) is 21.6. The van der Waals surface area contributed by atoms with Gasteiger partial charge in [0.1, 0.15) is 34.8 Å². The first kappa shape index (κ1) is 34.3. The number of halogens is 6. The monoisotopic (exact) mass is 724 g/mol. The average molecular weight is 725 g/mol. The Bertz CT molecular complexity index is 2120. The molecule has 0 spiro atoms. The quantitative estimate of drug-likeness (QED) is 0.160. The fourth-order valence-corrected chi connectivity index (χ4v) is 7.91. The highest BCUT2D eigenvalue weighted by molar-refractivity contribution is 6.03. The fourth-order valence-electron chi connectivity index (χ4n) is 7.91. The summed E-state index contributed by atoms with van der Waals surface area (Å²) < 4.78 is 97.4. The third kappa shape index (κ3) is 6.00. The van der Waals surface area contributed by atoms with Crippen LogP contribution in [0.15, 0.2) is 30.5 Å². The number of hydrogen-bond acceptors (Lipinski definition) is 8. The minimum Gasteiger partial charge on any atom is -0.497 e. The molecule has 1 saturated carbocycles. The standard InChI is InChI=1S/C37H34F6N6O3/c1-3-25-28(39)5-4-20-12-24(51-2)14-26(29(20)25)31-30(40)32-27(15-44-31)33(48-16-22-13-23(17-48)49(22)34(50)37(41,42)43)46-35(45-32)52-19-36(8-9-36)18-47-10-6-21(38)7-11-47/h1,4-5,12,14-15,21-23H,6-11,13,16-19H2,2H3. The van der Waals surface area contributed by atoms with E-state index in [1.54, 1.807) is 11.0 Å². The molecule has 1 amide bonds. The van der Waals surface area contributed by atoms with Gasteiger partial charge >= 0.3 is 18.1 Å². The second-order valence-electron chi connectivity index (χ2n) is 14.3. The van der Waals surface area contributed by atoms with Crippen LogP contribution >= 0.6 is 0 Å². The summed E-state index contributed by atoms with van der Waals surface area (Å²) >= 11 is 0. The van der Waals surface area contributed by atoms with E-state index in [-0.39, 0.29) is 70.0 Å². The number of likely N-dealkylation sites (tertiary alicyclic amines) is 1. The fraction of sp³-hybridized carbons (Fsp3) is 0.459. The number of nitrogens with zero attached hydrogens (tertiary/aromatic N) is 6. The van der Waals surface area contributed by atoms with Crippen molar-refractivity contribution in [2.75, 3.05) is 51.3 Å². The van der Waals surface area contributed by atoms with Crippen molar-refractivity contribution >= 4 is 33.4 Å². The smallest absolute Gasteiger partial charge is 0.471 e. The van der Waals surface area contributed by atoms with Crippen molar-refractivity contribution in [1.29, 1.82) is 0 Å². The molecule has 5 aliphatic rings. The molecule has 2 atom stereocenters. The van der Waals surface area contributed by atoms with Crippen molar-refractivity contribution in [1.82, 2.24) is 24.8 Å². The molecule has 2 aromatic heterocycles. The Balaban J connectivity index is 1.19. The summed E-state index contributed by atoms with van der Waals surface area (Å²) in [5.74, 6) is -0.525. The van der Waals surface area contributed by atoms with Gasteiger partial charge in [-0.3, -0.25) is 9.78 Å². The molecule has 4 saturated heterocycles. The van der Waals surface area contributed by atoms with Gasteiger partial charge in [0.25, 0.3) is 0 Å². The number of aromatic nitrogens is 3. The van der Waals surface area contributed by atoms with E-state index >= 15 is 4.39 Å². The molecule has 1 aliphatic carbocycles. The van der Waals surface area contributed by atoms with Crippen LogP contribution in [0.3, 0.4) is 0 Å². The Morgan fingerprint density at radius 2 is 1.83 bits per heavy atom. The van der Waals surface area contributed by atoms with E-state index in [2.05, 4.69) is 25.8 Å². The first-order valence-electron chi connectivity index (χ1n) is 17.1. The number of benzene rings is 2. The highest BCUT2D eigenvalue weighted by Crippen LogP contribution is 2.47. The van der Waals surface area contributed by atoms with Crippen molar-refractivity contribution in [2.24, 2.45) is 5.41 Å². The van der Waals surface area contributed by atoms with Crippen LogP contribution in [-0.4, -0.2) is 102 Å². The SMILES string of the molecule is C#Cc1c(F)ccc2cc(OC)cc(-c3ncc4c(N5CC6CC(C5)N6C(=O)C(F)(F)F)nc(OCC5(CN6CCC(F)CC6)CC5)nc4c3F)c12. The van der Waals surface area contributed by atoms with E-state index in [4.69, 9.17) is 15.9 Å². The minimum atomic E-state index is -5.00. The number of carbonyl (C=O) groups excluding carboxylic acids is 1. The van der Waals surface area contributed by atoms with Crippen LogP contribution in [0.25, 0.3) is 32.9 Å². The molecule has 9 nitrogen and oxygen atoms in total. The van der Waals surface area contributed by atoms with Gasteiger partial charge < -0.3 is 24.2 Å². The zero-order chi connectivity index (χ0) is 36.5. The number of terminal acetylenes is 1. The number of piperazine rings is 1. The van der Waals surface area contributed by atoms with E-state index in [1.165, 1.54) is 31.5 Å². The number of piperidine rings is 2. The highest BCUT2D eigenvalue weighted by Gasteiger charge is 2.55. The molecule has 15 heteroatoms. The lowest BCUT2D eigenvalue weighted by molar-refractivity contribution is -0.199. The van der Waals surface area contributed by atoms with Gasteiger partial charge in [-0.05, 0) is 55.7 Å². The third-order valence-corrected chi connectivity index (χ3v) is 10.8. The second-order valence-corrected chi connectivity index (χ2v) is 14.3. The molecule has 6 heterocycles. The Labute approximate surface area is 294 Å². The van der Waals surface area contributed by atoms with Crippen LogP contribution in [-0.2, 0) is 4.79 Å². The first-order chi connectivity index (χ1) is 24.9. The average Bonchev–Trinajstić information content (AvgIpc) is 3.90. The molecule has 272 valence electrons. The molecule has 2 aromatic carbocycles. The molecule has 4 aromatic rings. The Hall–Kier alpha value is -4.84. The number of alkyl halides is 4. The first-order valence-corrected chi connectivity index (χ1v) is 17.1. The Morgan fingerprint density at radius 1 is 1.10 bits per heavy atom. The van der Waals surface area contributed by atoms with Gasteiger partial charge in [0.05, 0.1) is 36.8 Å². The molecule has 2 unspecified atom stereocenters. The van der Waals surface area contributed by atoms with Gasteiger partial charge in [-0.1, -0.05) is 12.0 Å². The van der Waals surface area contributed by atoms with E-state index in [1.807, 2.05) is 0 Å². The van der Waals surface area contributed by atoms with Gasteiger partial charge in [-0.2, -0.15) is 23.1 Å². The summed E-state index contributed by atoms with van der Waals surface area (Å²) in [5.41, 5.74) is -0.480. The van der Waals surface area contributed by atoms with Crippen LogP contribution in [0.2, 0.25) is 0 Å². The van der Waals surface area contributed by atoms with Crippen molar-refractivity contribution < 1.29 is 40.6 Å². The van der Waals surface area contributed by atoms with Gasteiger partial charge in [-0.15, -0.1) is 6.42 Å². The lowest BCUT2D eigenvalue weighted by Gasteiger charge is -2.56. The molecule has 9 rings (SSSR count). The lowest BCUT2D eigenvalue weighted by Crippen LogP contribution is -2.72. The van der Waals surface area contributed by atoms with Crippen LogP contribution in [0.4, 0.5) is 32.2 Å². The van der Waals surface area contributed by atoms with Crippen molar-refractivity contribution in [3.8, 4) is 35.4 Å². The number of rotatable bonds is 8. The summed E-state index contributed by atoms with van der Waals surface area (Å²) in [6.07, 6.45) is 4.37. The number of ether oxygens (including phenoxy) is 2. The Kier molecular flexibility index (Phi) is 8.35. The topological polar surface area (TPSA) is 83.9 Å². The summed E-state index contributed by atoms with van der Waals surface area (Å²) in [7, 11) is 1.44. The van der Waals surface area contributed by atoms with Crippen molar-refractivity contribution in [2.45, 2.75) is 56.5 Å². The summed E-state index contributed by atoms with van der Waals surface area (Å²) in [5, 5.41) is 0.917. The van der Waals surface area contributed by atoms with Crippen LogP contribution in [0.5, 0.6) is 11.8 Å². The maximum Gasteiger partial charge on any atom is 0.471 e. The van der Waals surface area contributed by atoms with E-state index in [9.17, 15) is 26.7 Å². The van der Waals surface area contributed by atoms with Crippen molar-refractivity contribution in [3.05, 3.63) is 47.7 Å². The van der Waals surface area contributed by atoms with Gasteiger partial charge in [0.15, 0.2) is 5.82 Å². The summed E-state index contributed by atoms with van der Waals surface area (Å²) in [6, 6.07) is 4.30. The number of fused-ring (bicyclic) bond motifs is 4.